The summed E-state index contributed by atoms with van der Waals surface area (Å²) in [4.78, 5) is 19.1. The van der Waals surface area contributed by atoms with Gasteiger partial charge in [-0.3, -0.25) is 4.79 Å². The number of ether oxygens (including phenoxy) is 1. The molecule has 148 valence electrons. The third-order valence-corrected chi connectivity index (χ3v) is 5.15. The lowest BCUT2D eigenvalue weighted by atomic mass is 10.0. The normalized spacial score (nSPS) is 22.0. The molecule has 1 aromatic carbocycles. The zero-order valence-corrected chi connectivity index (χ0v) is 15.1. The number of hydrogen-bond donors (Lipinski definition) is 1. The minimum Gasteiger partial charge on any atom is -0.378 e. The highest BCUT2D eigenvalue weighted by atomic mass is 19.4. The van der Waals surface area contributed by atoms with Gasteiger partial charge in [0.25, 0.3) is 0 Å². The second kappa shape index (κ2) is 7.43. The molecule has 8 heteroatoms. The summed E-state index contributed by atoms with van der Waals surface area (Å²) in [5, 5.41) is 2.86. The van der Waals surface area contributed by atoms with Gasteiger partial charge in [0.15, 0.2) is 5.82 Å². The van der Waals surface area contributed by atoms with E-state index in [2.05, 4.69) is 10.3 Å². The Labute approximate surface area is 160 Å². The highest BCUT2D eigenvalue weighted by molar-refractivity contribution is 5.97. The van der Waals surface area contributed by atoms with Crippen LogP contribution >= 0.6 is 0 Å². The maximum Gasteiger partial charge on any atom is 0.416 e. The Morgan fingerprint density at radius 2 is 1.89 bits per heavy atom. The van der Waals surface area contributed by atoms with Crippen LogP contribution in [0.1, 0.15) is 23.5 Å². The number of nitrogens with one attached hydrogen (secondary N) is 1. The van der Waals surface area contributed by atoms with Crippen molar-refractivity contribution in [1.82, 2.24) is 4.98 Å². The SMILES string of the molecule is O=C(Nc1cccnc1N1CCOCC1)[C@H]1C[C@H]1c1ccccc1C(F)(F)F. The Morgan fingerprint density at radius 3 is 2.64 bits per heavy atom. The third kappa shape index (κ3) is 3.82. The highest BCUT2D eigenvalue weighted by Gasteiger charge is 2.48. The van der Waals surface area contributed by atoms with Crippen LogP contribution in [0.5, 0.6) is 0 Å². The molecule has 5 nitrogen and oxygen atoms in total. The first-order valence-corrected chi connectivity index (χ1v) is 9.20. The summed E-state index contributed by atoms with van der Waals surface area (Å²) in [5.74, 6) is -0.501. The van der Waals surface area contributed by atoms with Gasteiger partial charge < -0.3 is 15.0 Å². The zero-order chi connectivity index (χ0) is 19.7. The molecule has 1 N–H and O–H groups in total. The van der Waals surface area contributed by atoms with Crippen LogP contribution in [0.2, 0.25) is 0 Å². The molecule has 2 atom stereocenters. The number of amides is 1. The van der Waals surface area contributed by atoms with Gasteiger partial charge in [0.05, 0.1) is 24.5 Å². The first-order valence-electron chi connectivity index (χ1n) is 9.20. The smallest absolute Gasteiger partial charge is 0.378 e. The Morgan fingerprint density at radius 1 is 1.14 bits per heavy atom. The standard InChI is InChI=1S/C20H20F3N3O2/c21-20(22,23)16-5-2-1-4-13(16)14-12-15(14)19(27)25-17-6-3-7-24-18(17)26-8-10-28-11-9-26/h1-7,14-15H,8-12H2,(H,25,27)/t14-,15-/m0/s1. The van der Waals surface area contributed by atoms with Crippen LogP contribution < -0.4 is 10.2 Å². The average molecular weight is 391 g/mol. The summed E-state index contributed by atoms with van der Waals surface area (Å²) < 4.78 is 45.1. The van der Waals surface area contributed by atoms with Crippen LogP contribution in [0.4, 0.5) is 24.7 Å². The minimum atomic E-state index is -4.42. The number of aromatic nitrogens is 1. The number of morpholine rings is 1. The maximum absolute atomic E-state index is 13.2. The van der Waals surface area contributed by atoms with Crippen LogP contribution in [0, 0.1) is 5.92 Å². The Kier molecular flexibility index (Phi) is 4.97. The van der Waals surface area contributed by atoms with Crippen LogP contribution in [-0.2, 0) is 15.7 Å². The number of nitrogens with zero attached hydrogens (tertiary/aromatic N) is 2. The predicted molar refractivity (Wildman–Crippen MR) is 98.2 cm³/mol. The fourth-order valence-electron chi connectivity index (χ4n) is 3.65. The number of rotatable bonds is 4. The van der Waals surface area contributed by atoms with E-state index in [4.69, 9.17) is 4.74 Å². The van der Waals surface area contributed by atoms with E-state index in [1.807, 2.05) is 4.90 Å². The second-order valence-electron chi connectivity index (χ2n) is 7.00. The van der Waals surface area contributed by atoms with E-state index in [9.17, 15) is 18.0 Å². The van der Waals surface area contributed by atoms with Gasteiger partial charge in [-0.25, -0.2) is 4.98 Å². The van der Waals surface area contributed by atoms with E-state index in [-0.39, 0.29) is 11.5 Å². The molecular weight excluding hydrogens is 371 g/mol. The quantitative estimate of drug-likeness (QED) is 0.864. The van der Waals surface area contributed by atoms with Gasteiger partial charge in [-0.2, -0.15) is 13.2 Å². The number of hydrogen-bond acceptors (Lipinski definition) is 4. The Hall–Kier alpha value is -2.61. The maximum atomic E-state index is 13.2. The molecule has 0 spiro atoms. The molecule has 1 saturated carbocycles. The number of halogens is 3. The van der Waals surface area contributed by atoms with Crippen molar-refractivity contribution >= 4 is 17.4 Å². The molecule has 1 aliphatic heterocycles. The molecule has 2 aliphatic rings. The van der Waals surface area contributed by atoms with Gasteiger partial charge in [0, 0.05) is 25.2 Å². The van der Waals surface area contributed by atoms with Crippen molar-refractivity contribution in [3.05, 3.63) is 53.7 Å². The van der Waals surface area contributed by atoms with E-state index in [0.717, 1.165) is 6.07 Å². The third-order valence-electron chi connectivity index (χ3n) is 5.15. The fraction of sp³-hybridized carbons (Fsp3) is 0.400. The number of pyridine rings is 1. The van der Waals surface area contributed by atoms with E-state index in [1.165, 1.54) is 12.1 Å². The van der Waals surface area contributed by atoms with Gasteiger partial charge in [-0.15, -0.1) is 0 Å². The molecule has 4 rings (SSSR count). The molecule has 0 bridgehead atoms. The monoisotopic (exact) mass is 391 g/mol. The second-order valence-corrected chi connectivity index (χ2v) is 7.00. The van der Waals surface area contributed by atoms with Gasteiger partial charge in [-0.1, -0.05) is 18.2 Å². The molecule has 2 heterocycles. The summed E-state index contributed by atoms with van der Waals surface area (Å²) in [7, 11) is 0. The minimum absolute atomic E-state index is 0.190. The first-order chi connectivity index (χ1) is 13.4. The highest BCUT2D eigenvalue weighted by Crippen LogP contribution is 2.51. The molecule has 1 saturated heterocycles. The van der Waals surface area contributed by atoms with Crippen molar-refractivity contribution in [2.75, 3.05) is 36.5 Å². The van der Waals surface area contributed by atoms with Gasteiger partial charge in [0.2, 0.25) is 5.91 Å². The van der Waals surface area contributed by atoms with Crippen LogP contribution in [0.25, 0.3) is 0 Å². The average Bonchev–Trinajstić information content (AvgIpc) is 3.49. The first kappa shape index (κ1) is 18.7. The molecule has 1 amide bonds. The summed E-state index contributed by atoms with van der Waals surface area (Å²) >= 11 is 0. The lowest BCUT2D eigenvalue weighted by Crippen LogP contribution is -2.37. The molecule has 1 aliphatic carbocycles. The molecule has 28 heavy (non-hydrogen) atoms. The van der Waals surface area contributed by atoms with Gasteiger partial charge in [0.1, 0.15) is 0 Å². The van der Waals surface area contributed by atoms with Crippen molar-refractivity contribution in [3.8, 4) is 0 Å². The Bertz CT molecular complexity index is 866. The van der Waals surface area contributed by atoms with Gasteiger partial charge in [-0.05, 0) is 36.1 Å². The molecule has 2 aromatic rings. The summed E-state index contributed by atoms with van der Waals surface area (Å²) in [5.41, 5.74) is 0.101. The van der Waals surface area contributed by atoms with Crippen LogP contribution in [0.15, 0.2) is 42.6 Å². The largest absolute Gasteiger partial charge is 0.416 e. The topological polar surface area (TPSA) is 54.5 Å². The van der Waals surface area contributed by atoms with Crippen LogP contribution in [0.3, 0.4) is 0 Å². The zero-order valence-electron chi connectivity index (χ0n) is 15.1. The lowest BCUT2D eigenvalue weighted by Gasteiger charge is -2.29. The molecule has 2 fully saturated rings. The van der Waals surface area contributed by atoms with Crippen molar-refractivity contribution in [3.63, 3.8) is 0 Å². The fourth-order valence-corrected chi connectivity index (χ4v) is 3.65. The number of carbonyl (C=O) groups is 1. The number of alkyl halides is 3. The van der Waals surface area contributed by atoms with E-state index < -0.39 is 23.6 Å². The summed E-state index contributed by atoms with van der Waals surface area (Å²) in [6.45, 7) is 2.52. The molecule has 0 unspecified atom stereocenters. The lowest BCUT2D eigenvalue weighted by molar-refractivity contribution is -0.138. The van der Waals surface area contributed by atoms with E-state index in [1.54, 1.807) is 24.4 Å². The molecule has 0 radical (unpaired) electrons. The van der Waals surface area contributed by atoms with Crippen molar-refractivity contribution in [2.45, 2.75) is 18.5 Å². The van der Waals surface area contributed by atoms with Crippen molar-refractivity contribution in [1.29, 1.82) is 0 Å². The predicted octanol–water partition coefficient (Wildman–Crippen LogP) is 3.68. The van der Waals surface area contributed by atoms with Crippen LogP contribution in [-0.4, -0.2) is 37.2 Å². The Balaban J connectivity index is 1.49. The summed E-state index contributed by atoms with van der Waals surface area (Å²) in [6.07, 6.45) is -2.36. The van der Waals surface area contributed by atoms with Crippen molar-refractivity contribution in [2.24, 2.45) is 5.92 Å². The van der Waals surface area contributed by atoms with E-state index >= 15 is 0 Å². The number of anilines is 2. The van der Waals surface area contributed by atoms with Crippen molar-refractivity contribution < 1.29 is 22.7 Å². The van der Waals surface area contributed by atoms with E-state index in [0.29, 0.717) is 44.2 Å². The summed E-state index contributed by atoms with van der Waals surface area (Å²) in [6, 6.07) is 8.97. The van der Waals surface area contributed by atoms with Gasteiger partial charge >= 0.3 is 6.18 Å². The number of benzene rings is 1. The molecular formula is C20H20F3N3O2. The molecule has 1 aromatic heterocycles. The number of carbonyl (C=O) groups excluding carboxylic acids is 1.